The lowest BCUT2D eigenvalue weighted by atomic mass is 10.1. The monoisotopic (exact) mass is 267 g/mol. The Morgan fingerprint density at radius 3 is 3.05 bits per heavy atom. The summed E-state index contributed by atoms with van der Waals surface area (Å²) in [6, 6.07) is 8.23. The van der Waals surface area contributed by atoms with E-state index in [1.54, 1.807) is 6.33 Å². The topological polar surface area (TPSA) is 60.0 Å². The molecule has 1 aromatic carbocycles. The lowest BCUT2D eigenvalue weighted by Gasteiger charge is -2.27. The van der Waals surface area contributed by atoms with E-state index >= 15 is 0 Å². The van der Waals surface area contributed by atoms with Gasteiger partial charge in [-0.1, -0.05) is 30.0 Å². The summed E-state index contributed by atoms with van der Waals surface area (Å²) in [6.07, 6.45) is 1.80. The van der Waals surface area contributed by atoms with Crippen molar-refractivity contribution in [3.8, 4) is 11.8 Å². The van der Waals surface area contributed by atoms with Crippen LogP contribution in [-0.4, -0.2) is 32.8 Å². The summed E-state index contributed by atoms with van der Waals surface area (Å²) >= 11 is 0. The molecule has 2 heterocycles. The lowest BCUT2D eigenvalue weighted by molar-refractivity contribution is 0.208. The molecule has 2 aromatic rings. The van der Waals surface area contributed by atoms with Crippen molar-refractivity contribution in [3.05, 3.63) is 47.5 Å². The molecular weight excluding hydrogens is 250 g/mol. The Balaban J connectivity index is 1.76. The molecule has 0 spiro atoms. The third-order valence-electron chi connectivity index (χ3n) is 3.45. The number of nitrogens with zero attached hydrogens (tertiary/aromatic N) is 4. The van der Waals surface area contributed by atoms with Crippen LogP contribution in [0, 0.1) is 11.8 Å². The van der Waals surface area contributed by atoms with Gasteiger partial charge in [0.15, 0.2) is 0 Å². The van der Waals surface area contributed by atoms with Gasteiger partial charge in [-0.3, -0.25) is 4.90 Å². The van der Waals surface area contributed by atoms with E-state index in [1.165, 1.54) is 5.56 Å². The number of fused-ring (bicyclic) bond motifs is 1. The molecule has 0 radical (unpaired) electrons. The summed E-state index contributed by atoms with van der Waals surface area (Å²) in [5.74, 6) is 7.10. The van der Waals surface area contributed by atoms with Crippen LogP contribution in [0.5, 0.6) is 0 Å². The molecular formula is C15H17N5. The highest BCUT2D eigenvalue weighted by Crippen LogP contribution is 2.15. The maximum atomic E-state index is 5.45. The third kappa shape index (κ3) is 2.72. The number of benzene rings is 1. The Labute approximate surface area is 118 Å². The first-order valence-electron chi connectivity index (χ1n) is 6.72. The first-order chi connectivity index (χ1) is 9.86. The number of rotatable bonds is 2. The lowest BCUT2D eigenvalue weighted by Crippen LogP contribution is -2.33. The standard InChI is InChI=1S/C15H17N5/c16-7-3-6-13-4-1-2-5-14(13)10-19-8-9-20-12-17-18-15(20)11-19/h1-2,4-5,12H,7-11,16H2. The molecule has 0 fully saturated rings. The van der Waals surface area contributed by atoms with Crippen molar-refractivity contribution in [3.63, 3.8) is 0 Å². The van der Waals surface area contributed by atoms with E-state index < -0.39 is 0 Å². The maximum absolute atomic E-state index is 5.45. The molecule has 2 N–H and O–H groups in total. The zero-order valence-corrected chi connectivity index (χ0v) is 11.3. The van der Waals surface area contributed by atoms with Crippen molar-refractivity contribution in [1.82, 2.24) is 19.7 Å². The molecule has 0 unspecified atom stereocenters. The maximum Gasteiger partial charge on any atom is 0.147 e. The Bertz CT molecular complexity index is 650. The molecule has 3 rings (SSSR count). The molecule has 0 bridgehead atoms. The number of hydrogen-bond acceptors (Lipinski definition) is 4. The van der Waals surface area contributed by atoms with Crippen LogP contribution in [0.2, 0.25) is 0 Å². The van der Waals surface area contributed by atoms with E-state index in [1.807, 2.05) is 12.1 Å². The van der Waals surface area contributed by atoms with Gasteiger partial charge in [0.05, 0.1) is 13.1 Å². The van der Waals surface area contributed by atoms with Gasteiger partial charge in [0.25, 0.3) is 0 Å². The summed E-state index contributed by atoms with van der Waals surface area (Å²) in [5, 5.41) is 8.10. The second kappa shape index (κ2) is 5.87. The van der Waals surface area contributed by atoms with Crippen LogP contribution in [0.4, 0.5) is 0 Å². The van der Waals surface area contributed by atoms with E-state index in [4.69, 9.17) is 5.73 Å². The number of hydrogen-bond donors (Lipinski definition) is 1. The average molecular weight is 267 g/mol. The van der Waals surface area contributed by atoms with Crippen molar-refractivity contribution in [2.75, 3.05) is 13.1 Å². The van der Waals surface area contributed by atoms with Crippen molar-refractivity contribution in [2.45, 2.75) is 19.6 Å². The van der Waals surface area contributed by atoms with E-state index in [0.29, 0.717) is 6.54 Å². The van der Waals surface area contributed by atoms with Gasteiger partial charge in [-0.15, -0.1) is 10.2 Å². The molecule has 0 amide bonds. The first-order valence-corrected chi connectivity index (χ1v) is 6.72. The summed E-state index contributed by atoms with van der Waals surface area (Å²) in [6.45, 7) is 4.05. The summed E-state index contributed by atoms with van der Waals surface area (Å²) < 4.78 is 2.11. The van der Waals surface area contributed by atoms with Gasteiger partial charge < -0.3 is 10.3 Å². The van der Waals surface area contributed by atoms with Crippen LogP contribution in [0.3, 0.4) is 0 Å². The Kier molecular flexibility index (Phi) is 3.77. The largest absolute Gasteiger partial charge is 0.320 e. The molecule has 1 aliphatic rings. The predicted octanol–water partition coefficient (Wildman–Crippen LogP) is 0.604. The molecule has 0 saturated carbocycles. The van der Waals surface area contributed by atoms with Crippen molar-refractivity contribution < 1.29 is 0 Å². The van der Waals surface area contributed by atoms with Gasteiger partial charge in [-0.05, 0) is 11.6 Å². The molecule has 5 nitrogen and oxygen atoms in total. The second-order valence-electron chi connectivity index (χ2n) is 4.81. The predicted molar refractivity (Wildman–Crippen MR) is 76.5 cm³/mol. The van der Waals surface area contributed by atoms with Crippen molar-refractivity contribution >= 4 is 0 Å². The summed E-state index contributed by atoms with van der Waals surface area (Å²) in [4.78, 5) is 2.37. The fourth-order valence-corrected chi connectivity index (χ4v) is 2.42. The highest BCUT2D eigenvalue weighted by atomic mass is 15.3. The van der Waals surface area contributed by atoms with E-state index in [-0.39, 0.29) is 0 Å². The minimum Gasteiger partial charge on any atom is -0.320 e. The normalized spacial score (nSPS) is 14.4. The number of nitrogens with two attached hydrogens (primary N) is 1. The third-order valence-corrected chi connectivity index (χ3v) is 3.45. The Hall–Kier alpha value is -2.16. The fraction of sp³-hybridized carbons (Fsp3) is 0.333. The second-order valence-corrected chi connectivity index (χ2v) is 4.81. The minimum atomic E-state index is 0.390. The van der Waals surface area contributed by atoms with Crippen molar-refractivity contribution in [2.24, 2.45) is 5.73 Å². The highest BCUT2D eigenvalue weighted by Gasteiger charge is 2.17. The number of aromatic nitrogens is 3. The molecule has 0 saturated heterocycles. The summed E-state index contributed by atoms with van der Waals surface area (Å²) in [5.41, 5.74) is 7.75. The molecule has 5 heteroatoms. The summed E-state index contributed by atoms with van der Waals surface area (Å²) in [7, 11) is 0. The van der Waals surface area contributed by atoms with Crippen LogP contribution in [-0.2, 0) is 19.6 Å². The average Bonchev–Trinajstić information content (AvgIpc) is 2.94. The van der Waals surface area contributed by atoms with E-state index in [2.05, 4.69) is 43.6 Å². The first kappa shape index (κ1) is 12.9. The smallest absolute Gasteiger partial charge is 0.147 e. The van der Waals surface area contributed by atoms with Crippen LogP contribution >= 0.6 is 0 Å². The van der Waals surface area contributed by atoms with Crippen LogP contribution in [0.1, 0.15) is 17.0 Å². The quantitative estimate of drug-likeness (QED) is 0.810. The van der Waals surface area contributed by atoms with Crippen molar-refractivity contribution in [1.29, 1.82) is 0 Å². The van der Waals surface area contributed by atoms with E-state index in [0.717, 1.165) is 37.6 Å². The fourth-order valence-electron chi connectivity index (χ4n) is 2.42. The van der Waals surface area contributed by atoms with Gasteiger partial charge in [-0.2, -0.15) is 0 Å². The Morgan fingerprint density at radius 2 is 2.15 bits per heavy atom. The molecule has 1 aliphatic heterocycles. The Morgan fingerprint density at radius 1 is 1.25 bits per heavy atom. The van der Waals surface area contributed by atoms with E-state index in [9.17, 15) is 0 Å². The van der Waals surface area contributed by atoms with Crippen LogP contribution in [0.25, 0.3) is 0 Å². The van der Waals surface area contributed by atoms with Gasteiger partial charge in [0.2, 0.25) is 0 Å². The van der Waals surface area contributed by atoms with Crippen LogP contribution in [0.15, 0.2) is 30.6 Å². The van der Waals surface area contributed by atoms with Gasteiger partial charge >= 0.3 is 0 Å². The minimum absolute atomic E-state index is 0.390. The van der Waals surface area contributed by atoms with Crippen LogP contribution < -0.4 is 5.73 Å². The molecule has 1 aromatic heterocycles. The molecule has 0 atom stereocenters. The zero-order valence-electron chi connectivity index (χ0n) is 11.3. The molecule has 0 aliphatic carbocycles. The van der Waals surface area contributed by atoms with Gasteiger partial charge in [0.1, 0.15) is 12.2 Å². The zero-order chi connectivity index (χ0) is 13.8. The molecule has 102 valence electrons. The SMILES string of the molecule is NCC#Cc1ccccc1CN1CCn2cnnc2C1. The van der Waals surface area contributed by atoms with Gasteiger partial charge in [-0.25, -0.2) is 0 Å². The highest BCUT2D eigenvalue weighted by molar-refractivity contribution is 5.41. The molecule has 20 heavy (non-hydrogen) atoms. The van der Waals surface area contributed by atoms with Gasteiger partial charge in [0, 0.05) is 25.2 Å².